The summed E-state index contributed by atoms with van der Waals surface area (Å²) in [5, 5.41) is 12.2. The molecule has 1 fully saturated rings. The summed E-state index contributed by atoms with van der Waals surface area (Å²) in [6.07, 6.45) is 7.65. The van der Waals surface area contributed by atoms with E-state index in [1.807, 2.05) is 42.5 Å². The Labute approximate surface area is 140 Å². The zero-order chi connectivity index (χ0) is 16.4. The van der Waals surface area contributed by atoms with Crippen LogP contribution in [0.15, 0.2) is 51.9 Å². The van der Waals surface area contributed by atoms with E-state index >= 15 is 0 Å². The topological polar surface area (TPSA) is 58.6 Å². The van der Waals surface area contributed by atoms with Crippen LogP contribution in [-0.4, -0.2) is 22.3 Å². The van der Waals surface area contributed by atoms with E-state index in [1.165, 1.54) is 19.3 Å². The Hall–Kier alpha value is -2.62. The number of aromatic nitrogens is 1. The molecule has 0 radical (unpaired) electrons. The van der Waals surface area contributed by atoms with Crippen molar-refractivity contribution in [2.75, 3.05) is 0 Å². The number of hydrogen-bond donors (Lipinski definition) is 1. The van der Waals surface area contributed by atoms with E-state index in [4.69, 9.17) is 4.42 Å². The Bertz CT molecular complexity index is 871. The maximum absolute atomic E-state index is 10.1. The number of fused-ring (bicyclic) bond motifs is 1. The normalized spacial score (nSPS) is 16.2. The summed E-state index contributed by atoms with van der Waals surface area (Å²) < 4.78 is 5.50. The van der Waals surface area contributed by atoms with Crippen molar-refractivity contribution in [2.24, 2.45) is 4.99 Å². The molecule has 1 aromatic heterocycles. The van der Waals surface area contributed by atoms with E-state index in [0.29, 0.717) is 17.6 Å². The fraction of sp³-hybridized carbons (Fsp3) is 0.300. The summed E-state index contributed by atoms with van der Waals surface area (Å²) in [4.78, 5) is 9.02. The molecular weight excluding hydrogens is 300 g/mol. The first-order valence-corrected chi connectivity index (χ1v) is 8.52. The molecule has 24 heavy (non-hydrogen) atoms. The van der Waals surface area contributed by atoms with E-state index in [9.17, 15) is 5.11 Å². The smallest absolute Gasteiger partial charge is 0.312 e. The lowest BCUT2D eigenvalue weighted by Crippen LogP contribution is -2.09. The van der Waals surface area contributed by atoms with E-state index in [0.717, 1.165) is 29.2 Å². The Balaban J connectivity index is 1.66. The van der Waals surface area contributed by atoms with Crippen molar-refractivity contribution in [3.63, 3.8) is 0 Å². The molecule has 4 nitrogen and oxygen atoms in total. The van der Waals surface area contributed by atoms with E-state index in [2.05, 4.69) is 9.98 Å². The second-order valence-electron chi connectivity index (χ2n) is 6.31. The molecule has 0 spiro atoms. The van der Waals surface area contributed by atoms with Gasteiger partial charge >= 0.3 is 5.95 Å². The van der Waals surface area contributed by atoms with Gasteiger partial charge in [0.05, 0.1) is 12.3 Å². The number of oxazole rings is 1. The molecule has 4 heteroatoms. The minimum absolute atomic E-state index is 0.169. The third kappa shape index (κ3) is 2.92. The van der Waals surface area contributed by atoms with Gasteiger partial charge in [-0.3, -0.25) is 4.99 Å². The highest BCUT2D eigenvalue weighted by Gasteiger charge is 2.16. The summed E-state index contributed by atoms with van der Waals surface area (Å²) in [6, 6.07) is 14.4. The van der Waals surface area contributed by atoms with Crippen molar-refractivity contribution in [1.82, 2.24) is 4.98 Å². The lowest BCUT2D eigenvalue weighted by atomic mass is 9.96. The second kappa shape index (κ2) is 6.48. The molecule has 1 N–H and O–H groups in total. The first-order chi connectivity index (χ1) is 11.8. The largest absolute Gasteiger partial charge is 0.479 e. The van der Waals surface area contributed by atoms with Gasteiger partial charge in [0.2, 0.25) is 5.89 Å². The van der Waals surface area contributed by atoms with Gasteiger partial charge in [0.15, 0.2) is 5.69 Å². The lowest BCUT2D eigenvalue weighted by Gasteiger charge is -2.16. The van der Waals surface area contributed by atoms with E-state index in [-0.39, 0.29) is 5.95 Å². The Kier molecular flexibility index (Phi) is 4.03. The summed E-state index contributed by atoms with van der Waals surface area (Å²) in [6.45, 7) is 0. The monoisotopic (exact) mass is 320 g/mol. The van der Waals surface area contributed by atoms with E-state index < -0.39 is 0 Å². The molecule has 4 rings (SSSR count). The fourth-order valence-electron chi connectivity index (χ4n) is 3.34. The van der Waals surface area contributed by atoms with Crippen LogP contribution in [0.1, 0.15) is 37.8 Å². The fourth-order valence-corrected chi connectivity index (χ4v) is 3.34. The van der Waals surface area contributed by atoms with Crippen LogP contribution < -0.4 is 0 Å². The van der Waals surface area contributed by atoms with Crippen molar-refractivity contribution < 1.29 is 9.52 Å². The Morgan fingerprint density at radius 3 is 2.71 bits per heavy atom. The number of aliphatic imine (C=N–C) groups is 1. The van der Waals surface area contributed by atoms with Crippen LogP contribution in [0.25, 0.3) is 22.2 Å². The minimum Gasteiger partial charge on any atom is -0.479 e. The molecule has 0 bridgehead atoms. The van der Waals surface area contributed by atoms with Crippen molar-refractivity contribution in [1.29, 1.82) is 0 Å². The zero-order valence-corrected chi connectivity index (χ0v) is 13.5. The molecule has 1 heterocycles. The van der Waals surface area contributed by atoms with Gasteiger partial charge in [-0.2, -0.15) is 0 Å². The molecule has 0 saturated heterocycles. The van der Waals surface area contributed by atoms with Gasteiger partial charge in [0.1, 0.15) is 0 Å². The van der Waals surface area contributed by atoms with Crippen LogP contribution in [0.4, 0.5) is 0 Å². The number of rotatable bonds is 3. The molecule has 3 aromatic rings. The van der Waals surface area contributed by atoms with Gasteiger partial charge in [0, 0.05) is 5.56 Å². The van der Waals surface area contributed by atoms with Gasteiger partial charge in [-0.05, 0) is 29.7 Å². The predicted molar refractivity (Wildman–Crippen MR) is 95.6 cm³/mol. The van der Waals surface area contributed by atoms with Gasteiger partial charge in [0.25, 0.3) is 0 Å². The quantitative estimate of drug-likeness (QED) is 0.694. The first-order valence-electron chi connectivity index (χ1n) is 8.52. The highest BCUT2D eigenvalue weighted by molar-refractivity contribution is 5.95. The highest BCUT2D eigenvalue weighted by atomic mass is 16.5. The molecule has 0 aliphatic heterocycles. The third-order valence-corrected chi connectivity index (χ3v) is 4.64. The summed E-state index contributed by atoms with van der Waals surface area (Å²) in [5.41, 5.74) is 1.28. The van der Waals surface area contributed by atoms with Crippen LogP contribution in [-0.2, 0) is 0 Å². The Morgan fingerprint density at radius 2 is 1.83 bits per heavy atom. The molecule has 1 aliphatic carbocycles. The molecule has 122 valence electrons. The number of nitrogens with zero attached hydrogens (tertiary/aromatic N) is 2. The van der Waals surface area contributed by atoms with Crippen molar-refractivity contribution in [3.05, 3.63) is 48.2 Å². The summed E-state index contributed by atoms with van der Waals surface area (Å²) in [7, 11) is 0. The lowest BCUT2D eigenvalue weighted by molar-refractivity contribution is 0.337. The van der Waals surface area contributed by atoms with E-state index in [1.54, 1.807) is 6.21 Å². The second-order valence-corrected chi connectivity index (χ2v) is 6.31. The number of benzene rings is 2. The van der Waals surface area contributed by atoms with Gasteiger partial charge < -0.3 is 9.52 Å². The first kappa shape index (κ1) is 14.9. The molecule has 2 aromatic carbocycles. The van der Waals surface area contributed by atoms with Crippen LogP contribution in [0, 0.1) is 0 Å². The molecule has 0 amide bonds. The molecule has 1 aliphatic rings. The van der Waals surface area contributed by atoms with Crippen LogP contribution in [0.2, 0.25) is 0 Å². The summed E-state index contributed by atoms with van der Waals surface area (Å²) in [5.74, 6) is 0.256. The van der Waals surface area contributed by atoms with Crippen LogP contribution >= 0.6 is 0 Å². The predicted octanol–water partition coefficient (Wildman–Crippen LogP) is 4.95. The third-order valence-electron chi connectivity index (χ3n) is 4.64. The maximum atomic E-state index is 10.1. The molecule has 1 saturated carbocycles. The minimum atomic E-state index is -0.169. The molecule has 0 unspecified atom stereocenters. The van der Waals surface area contributed by atoms with Crippen molar-refractivity contribution in [3.8, 4) is 17.4 Å². The standard InChI is InChI=1S/C20H20N2O2/c23-20-18(13-21-15-9-2-1-3-10-15)22-19(24-20)17-12-6-8-14-7-4-5-11-16(14)17/h4-8,11-13,15,23H,1-3,9-10H2. The molecular formula is C20H20N2O2. The average molecular weight is 320 g/mol. The van der Waals surface area contributed by atoms with Gasteiger partial charge in [-0.25, -0.2) is 4.98 Å². The van der Waals surface area contributed by atoms with Crippen molar-refractivity contribution in [2.45, 2.75) is 38.1 Å². The van der Waals surface area contributed by atoms with Crippen molar-refractivity contribution >= 4 is 17.0 Å². The maximum Gasteiger partial charge on any atom is 0.312 e. The number of aromatic hydroxyl groups is 1. The average Bonchev–Trinajstić information content (AvgIpc) is 3.01. The number of hydrogen-bond acceptors (Lipinski definition) is 4. The highest BCUT2D eigenvalue weighted by Crippen LogP contribution is 2.31. The van der Waals surface area contributed by atoms with Crippen LogP contribution in [0.5, 0.6) is 5.95 Å². The summed E-state index contributed by atoms with van der Waals surface area (Å²) >= 11 is 0. The SMILES string of the molecule is Oc1oc(-c2cccc3ccccc23)nc1C=NC1CCCCC1. The Morgan fingerprint density at radius 1 is 1.04 bits per heavy atom. The molecule has 0 atom stereocenters. The van der Waals surface area contributed by atoms with Crippen LogP contribution in [0.3, 0.4) is 0 Å². The van der Waals surface area contributed by atoms with Gasteiger partial charge in [-0.1, -0.05) is 55.7 Å². The van der Waals surface area contributed by atoms with Gasteiger partial charge in [-0.15, -0.1) is 0 Å². The zero-order valence-electron chi connectivity index (χ0n) is 13.5.